The highest BCUT2D eigenvalue weighted by atomic mass is 32.2. The van der Waals surface area contributed by atoms with Crippen LogP contribution in [0.5, 0.6) is 0 Å². The molecule has 2 rings (SSSR count). The van der Waals surface area contributed by atoms with E-state index < -0.39 is 23.1 Å². The Morgan fingerprint density at radius 2 is 1.74 bits per heavy atom. The molecule has 1 aliphatic rings. The van der Waals surface area contributed by atoms with Gasteiger partial charge in [-0.15, -0.1) is 0 Å². The maximum absolute atomic E-state index is 13.3. The van der Waals surface area contributed by atoms with Crippen molar-refractivity contribution in [3.8, 4) is 0 Å². The molecule has 1 aromatic rings. The molecule has 6 heteroatoms. The van der Waals surface area contributed by atoms with Gasteiger partial charge in [0.05, 0.1) is 11.5 Å². The minimum absolute atomic E-state index is 0.0873. The van der Waals surface area contributed by atoms with E-state index in [1.807, 2.05) is 6.07 Å². The normalized spacial score (nSPS) is 23.4. The molecule has 0 bridgehead atoms. The van der Waals surface area contributed by atoms with Crippen LogP contribution < -0.4 is 0 Å². The molecule has 0 unspecified atom stereocenters. The van der Waals surface area contributed by atoms with Crippen LogP contribution in [-0.4, -0.2) is 34.4 Å². The van der Waals surface area contributed by atoms with E-state index in [-0.39, 0.29) is 11.1 Å². The quantitative estimate of drug-likeness (QED) is 0.287. The molecule has 1 heterocycles. The van der Waals surface area contributed by atoms with Gasteiger partial charge in [0.25, 0.3) is 0 Å². The lowest BCUT2D eigenvalue weighted by Crippen LogP contribution is -2.42. The van der Waals surface area contributed by atoms with Crippen molar-refractivity contribution in [3.05, 3.63) is 30.3 Å². The first-order chi connectivity index (χ1) is 12.5. The fraction of sp³-hybridized carbons (Fsp3) is 0.714. The molecule has 0 radical (unpaired) electrons. The molecule has 154 valence electrons. The molecule has 27 heavy (non-hydrogen) atoms. The third-order valence-electron chi connectivity index (χ3n) is 6.06. The average molecular weight is 413 g/mol. The van der Waals surface area contributed by atoms with Crippen LogP contribution >= 0.6 is 0 Å². The maximum Gasteiger partial charge on any atom is 0.210 e. The van der Waals surface area contributed by atoms with Crippen LogP contribution in [0.2, 0.25) is 18.1 Å². The summed E-state index contributed by atoms with van der Waals surface area (Å²) in [7, 11) is -5.50. The molecule has 0 spiro atoms. The smallest absolute Gasteiger partial charge is 0.210 e. The number of benzene rings is 1. The summed E-state index contributed by atoms with van der Waals surface area (Å²) in [4.78, 5) is -0.778. The van der Waals surface area contributed by atoms with Gasteiger partial charge in [-0.25, -0.2) is 8.42 Å². The first-order valence-corrected chi connectivity index (χ1v) is 14.5. The number of hydrogen-bond donors (Lipinski definition) is 0. The van der Waals surface area contributed by atoms with E-state index in [1.54, 1.807) is 24.3 Å². The number of hydrogen-bond acceptors (Lipinski definition) is 4. The van der Waals surface area contributed by atoms with E-state index in [0.29, 0.717) is 17.9 Å². The van der Waals surface area contributed by atoms with Crippen molar-refractivity contribution in [2.75, 3.05) is 6.61 Å². The summed E-state index contributed by atoms with van der Waals surface area (Å²) >= 11 is 0. The van der Waals surface area contributed by atoms with Gasteiger partial charge in [0, 0.05) is 0 Å². The van der Waals surface area contributed by atoms with E-state index in [2.05, 4.69) is 40.8 Å². The first-order valence-electron chi connectivity index (χ1n) is 10.1. The van der Waals surface area contributed by atoms with Crippen LogP contribution in [0, 0.1) is 0 Å². The van der Waals surface area contributed by atoms with Crippen LogP contribution in [-0.2, 0) is 19.0 Å². The van der Waals surface area contributed by atoms with Gasteiger partial charge in [-0.2, -0.15) is 0 Å². The van der Waals surface area contributed by atoms with Gasteiger partial charge in [-0.3, -0.25) is 0 Å². The Kier molecular flexibility index (Phi) is 6.99. The fourth-order valence-corrected chi connectivity index (χ4v) is 6.04. The molecule has 1 aliphatic heterocycles. The van der Waals surface area contributed by atoms with Crippen molar-refractivity contribution >= 4 is 18.2 Å². The first kappa shape index (κ1) is 22.6. The SMILES string of the molecule is CCCCCC[C@@]1(S(=O)(=O)c2ccccc2)O[C@H]1CO[Si](C)(C)C(C)(C)C. The summed E-state index contributed by atoms with van der Waals surface area (Å²) in [6, 6.07) is 8.69. The summed E-state index contributed by atoms with van der Waals surface area (Å²) < 4.78 is 38.9. The number of ether oxygens (including phenoxy) is 1. The Hall–Kier alpha value is -0.693. The minimum Gasteiger partial charge on any atom is -0.414 e. The molecule has 0 aliphatic carbocycles. The predicted octanol–water partition coefficient (Wildman–Crippen LogP) is 5.55. The number of unbranched alkanes of at least 4 members (excludes halogenated alkanes) is 3. The van der Waals surface area contributed by atoms with Crippen molar-refractivity contribution in [1.29, 1.82) is 0 Å². The predicted molar refractivity (Wildman–Crippen MR) is 113 cm³/mol. The second-order valence-electron chi connectivity index (χ2n) is 9.12. The van der Waals surface area contributed by atoms with E-state index in [1.165, 1.54) is 0 Å². The molecule has 0 amide bonds. The van der Waals surface area contributed by atoms with Crippen LogP contribution in [0.15, 0.2) is 35.2 Å². The van der Waals surface area contributed by atoms with Gasteiger partial charge in [-0.05, 0) is 43.1 Å². The van der Waals surface area contributed by atoms with Crippen molar-refractivity contribution in [2.45, 2.75) is 93.9 Å². The second kappa shape index (κ2) is 8.35. The average Bonchev–Trinajstić information content (AvgIpc) is 3.32. The summed E-state index contributed by atoms with van der Waals surface area (Å²) in [5.74, 6) is 0. The lowest BCUT2D eigenvalue weighted by atomic mass is 10.1. The third-order valence-corrected chi connectivity index (χ3v) is 12.9. The monoisotopic (exact) mass is 412 g/mol. The van der Waals surface area contributed by atoms with Crippen LogP contribution in [0.25, 0.3) is 0 Å². The van der Waals surface area contributed by atoms with Gasteiger partial charge >= 0.3 is 0 Å². The molecule has 0 N–H and O–H groups in total. The highest BCUT2D eigenvalue weighted by Gasteiger charge is 2.66. The van der Waals surface area contributed by atoms with Crippen LogP contribution in [0.3, 0.4) is 0 Å². The lowest BCUT2D eigenvalue weighted by Gasteiger charge is -2.36. The molecule has 0 aromatic heterocycles. The van der Waals surface area contributed by atoms with E-state index in [0.717, 1.165) is 25.7 Å². The Balaban J connectivity index is 2.17. The van der Waals surface area contributed by atoms with Gasteiger partial charge < -0.3 is 9.16 Å². The zero-order valence-corrected chi connectivity index (χ0v) is 19.6. The summed E-state index contributed by atoms with van der Waals surface area (Å²) in [5, 5.41) is 0.0873. The van der Waals surface area contributed by atoms with Gasteiger partial charge in [-0.1, -0.05) is 65.2 Å². The second-order valence-corrected chi connectivity index (χ2v) is 16.1. The third kappa shape index (κ3) is 4.84. The largest absolute Gasteiger partial charge is 0.414 e. The number of sulfone groups is 1. The summed E-state index contributed by atoms with van der Waals surface area (Å²) in [6.07, 6.45) is 4.29. The zero-order chi connectivity index (χ0) is 20.3. The number of epoxide rings is 1. The molecule has 4 nitrogen and oxygen atoms in total. The van der Waals surface area contributed by atoms with Gasteiger partial charge in [0.2, 0.25) is 14.8 Å². The van der Waals surface area contributed by atoms with Crippen molar-refractivity contribution in [3.63, 3.8) is 0 Å². The molecule has 0 saturated carbocycles. The standard InChI is InChI=1S/C21H36O4SSi/c1-7-8-9-13-16-21(26(22,23)18-14-11-10-12-15-18)19(25-21)17-24-27(5,6)20(2,3)4/h10-12,14-15,19H,7-9,13,16-17H2,1-6H3/t19-,21-/m0/s1. The Morgan fingerprint density at radius 1 is 1.11 bits per heavy atom. The highest BCUT2D eigenvalue weighted by molar-refractivity contribution is 7.93. The van der Waals surface area contributed by atoms with Crippen molar-refractivity contribution < 1.29 is 17.6 Å². The minimum atomic E-state index is -3.55. The van der Waals surface area contributed by atoms with E-state index in [9.17, 15) is 8.42 Å². The Bertz CT molecular complexity index is 709. The molecule has 2 atom stereocenters. The Morgan fingerprint density at radius 3 is 2.30 bits per heavy atom. The highest BCUT2D eigenvalue weighted by Crippen LogP contribution is 2.50. The molecule has 1 aromatic carbocycles. The fourth-order valence-electron chi connectivity index (χ4n) is 3.06. The Labute approximate surface area is 166 Å². The maximum atomic E-state index is 13.3. The van der Waals surface area contributed by atoms with E-state index in [4.69, 9.17) is 9.16 Å². The van der Waals surface area contributed by atoms with Gasteiger partial charge in [0.15, 0.2) is 8.32 Å². The van der Waals surface area contributed by atoms with E-state index >= 15 is 0 Å². The molecular formula is C21H36O4SSi. The zero-order valence-electron chi connectivity index (χ0n) is 17.7. The van der Waals surface area contributed by atoms with Crippen molar-refractivity contribution in [2.24, 2.45) is 0 Å². The van der Waals surface area contributed by atoms with Crippen molar-refractivity contribution in [1.82, 2.24) is 0 Å². The van der Waals surface area contributed by atoms with Crippen LogP contribution in [0.1, 0.15) is 59.8 Å². The number of rotatable bonds is 10. The van der Waals surface area contributed by atoms with Gasteiger partial charge in [0.1, 0.15) is 6.10 Å². The molecular weight excluding hydrogens is 376 g/mol. The summed E-state index contributed by atoms with van der Waals surface area (Å²) in [6.45, 7) is 13.4. The molecule has 1 fully saturated rings. The lowest BCUT2D eigenvalue weighted by molar-refractivity contribution is 0.239. The summed E-state index contributed by atoms with van der Waals surface area (Å²) in [5.41, 5.74) is 0. The van der Waals surface area contributed by atoms with Crippen LogP contribution in [0.4, 0.5) is 0 Å². The topological polar surface area (TPSA) is 55.9 Å². The molecule has 1 saturated heterocycles.